The summed E-state index contributed by atoms with van der Waals surface area (Å²) in [5.74, 6) is -0.805. The number of aromatic nitrogens is 2. The van der Waals surface area contributed by atoms with Crippen LogP contribution >= 0.6 is 11.3 Å². The van der Waals surface area contributed by atoms with Gasteiger partial charge in [0.2, 0.25) is 11.8 Å². The van der Waals surface area contributed by atoms with Crippen LogP contribution in [0.3, 0.4) is 0 Å². The van der Waals surface area contributed by atoms with E-state index in [-0.39, 0.29) is 30.8 Å². The zero-order valence-corrected chi connectivity index (χ0v) is 33.9. The molecule has 4 aromatic rings. The van der Waals surface area contributed by atoms with Crippen molar-refractivity contribution in [1.82, 2.24) is 35.3 Å². The van der Waals surface area contributed by atoms with Crippen LogP contribution in [-0.4, -0.2) is 109 Å². The number of fused-ring (bicyclic) bond motifs is 1. The van der Waals surface area contributed by atoms with E-state index in [1.165, 1.54) is 11.3 Å². The molecule has 1 fully saturated rings. The number of thiazole rings is 1. The maximum absolute atomic E-state index is 14.2. The highest BCUT2D eigenvalue weighted by atomic mass is 32.1. The number of nitrogens with one attached hydrogen (secondary N) is 2. The Labute approximate surface area is 329 Å². The summed E-state index contributed by atoms with van der Waals surface area (Å²) >= 11 is 1.47. The predicted octanol–water partition coefficient (Wildman–Crippen LogP) is 5.51. The van der Waals surface area contributed by atoms with Gasteiger partial charge in [-0.2, -0.15) is 0 Å². The van der Waals surface area contributed by atoms with Crippen LogP contribution in [0.2, 0.25) is 0 Å². The maximum Gasteiger partial charge on any atom is 0.408 e. The number of hydrogen-bond acceptors (Lipinski definition) is 9. The van der Waals surface area contributed by atoms with E-state index in [2.05, 4.69) is 26.6 Å². The third-order valence-corrected chi connectivity index (χ3v) is 11.0. The lowest BCUT2D eigenvalue weighted by atomic mass is 9.97. The molecule has 4 N–H and O–H groups in total. The van der Waals surface area contributed by atoms with Crippen LogP contribution in [-0.2, 0) is 29.1 Å². The summed E-state index contributed by atoms with van der Waals surface area (Å²) < 4.78 is 0. The number of carboxylic acid groups (broad SMARTS) is 1. The Bertz CT molecular complexity index is 1900. The van der Waals surface area contributed by atoms with Gasteiger partial charge in [-0.1, -0.05) is 82.3 Å². The largest absolute Gasteiger partial charge is 0.465 e. The molecule has 296 valence electrons. The fraction of sp³-hybridized carbons (Fsp3) is 0.500. The van der Waals surface area contributed by atoms with Gasteiger partial charge in [0, 0.05) is 54.9 Å². The molecule has 3 amide bonds. The number of nitrogens with zero attached hydrogens (tertiary/aromatic N) is 5. The highest BCUT2D eigenvalue weighted by Crippen LogP contribution is 2.23. The number of carbonyl (C=O) groups is 3. The second kappa shape index (κ2) is 18.5. The molecule has 12 nitrogen and oxygen atoms in total. The molecule has 0 radical (unpaired) electrons. The first kappa shape index (κ1) is 41.7. The van der Waals surface area contributed by atoms with Crippen molar-refractivity contribution < 1.29 is 24.6 Å². The summed E-state index contributed by atoms with van der Waals surface area (Å²) in [6.45, 7) is 15.8. The van der Waals surface area contributed by atoms with Gasteiger partial charge in [-0.05, 0) is 50.8 Å². The van der Waals surface area contributed by atoms with E-state index in [0.29, 0.717) is 38.3 Å². The van der Waals surface area contributed by atoms with Gasteiger partial charge >= 0.3 is 6.09 Å². The van der Waals surface area contributed by atoms with Crippen LogP contribution in [0, 0.1) is 5.92 Å². The number of rotatable bonds is 15. The monoisotopic (exact) mass is 771 g/mol. The van der Waals surface area contributed by atoms with Crippen molar-refractivity contribution in [3.05, 3.63) is 94.1 Å². The van der Waals surface area contributed by atoms with E-state index in [1.807, 2.05) is 119 Å². The molecule has 2 aromatic heterocycles. The highest BCUT2D eigenvalue weighted by molar-refractivity contribution is 7.09. The highest BCUT2D eigenvalue weighted by Gasteiger charge is 2.39. The van der Waals surface area contributed by atoms with Gasteiger partial charge in [0.25, 0.3) is 0 Å². The standard InChI is InChI=1S/C42H57N7O5S/c1-27(2)37(49(41(53)54)23-32-26-55-40(44-32)28(3)4)39(52)45-34(21-29-13-9-8-10-14-29)36(50)25-48-20-19-47(24-35(48)38(51)46-42(5,6)7)22-31-18-17-30-15-11-12-16-33(30)43-31/h8-18,26-28,34-37,50H,19-25H2,1-7H3,(H,45,52)(H,46,51)(H,53,54)/t34-,35-,36-,37-/m0/s1. The van der Waals surface area contributed by atoms with Gasteiger partial charge in [-0.25, -0.2) is 9.78 Å². The SMILES string of the molecule is CC(C)c1nc(CN(C(=O)O)[C@H](C(=O)N[C@@H](Cc2ccccc2)[C@@H](O)CN2CCN(Cc3ccc4ccccc4n3)C[C@H]2C(=O)NC(C)(C)C)C(C)C)cs1. The van der Waals surface area contributed by atoms with Crippen molar-refractivity contribution in [2.75, 3.05) is 26.2 Å². The Morgan fingerprint density at radius 1 is 0.945 bits per heavy atom. The van der Waals surface area contributed by atoms with Gasteiger partial charge in [-0.15, -0.1) is 11.3 Å². The molecule has 0 aliphatic carbocycles. The van der Waals surface area contributed by atoms with Crippen LogP contribution in [0.25, 0.3) is 10.9 Å². The van der Waals surface area contributed by atoms with Crippen LogP contribution < -0.4 is 10.6 Å². The number of aliphatic hydroxyl groups is 1. The normalized spacial score (nSPS) is 17.2. The van der Waals surface area contributed by atoms with Crippen LogP contribution in [0.4, 0.5) is 4.79 Å². The summed E-state index contributed by atoms with van der Waals surface area (Å²) in [6.07, 6.45) is -2.00. The molecule has 0 bridgehead atoms. The van der Waals surface area contributed by atoms with E-state index < -0.39 is 41.8 Å². The van der Waals surface area contributed by atoms with Crippen LogP contribution in [0.1, 0.15) is 76.3 Å². The average Bonchev–Trinajstić information content (AvgIpc) is 3.60. The second-order valence-corrected chi connectivity index (χ2v) is 17.2. The quantitative estimate of drug-likeness (QED) is 0.123. The smallest absolute Gasteiger partial charge is 0.408 e. The van der Waals surface area contributed by atoms with Crippen molar-refractivity contribution in [2.24, 2.45) is 5.92 Å². The summed E-state index contributed by atoms with van der Waals surface area (Å²) in [6, 6.07) is 19.3. The van der Waals surface area contributed by atoms with Gasteiger partial charge in [0.15, 0.2) is 0 Å². The number of piperazine rings is 1. The number of pyridine rings is 1. The first-order valence-corrected chi connectivity index (χ1v) is 20.0. The summed E-state index contributed by atoms with van der Waals surface area (Å²) in [4.78, 5) is 55.6. The molecule has 4 atom stereocenters. The zero-order valence-electron chi connectivity index (χ0n) is 33.1. The minimum absolute atomic E-state index is 0.0374. The Morgan fingerprint density at radius 3 is 2.31 bits per heavy atom. The molecule has 55 heavy (non-hydrogen) atoms. The van der Waals surface area contributed by atoms with E-state index >= 15 is 0 Å². The summed E-state index contributed by atoms with van der Waals surface area (Å²) in [5, 5.41) is 32.4. The van der Waals surface area contributed by atoms with Crippen molar-refractivity contribution >= 4 is 40.1 Å². The first-order valence-electron chi connectivity index (χ1n) is 19.2. The number of amides is 3. The Kier molecular flexibility index (Phi) is 14.0. The molecule has 1 aliphatic rings. The third-order valence-electron chi connectivity index (χ3n) is 9.81. The molecule has 1 aliphatic heterocycles. The van der Waals surface area contributed by atoms with Crippen LogP contribution in [0.5, 0.6) is 0 Å². The predicted molar refractivity (Wildman–Crippen MR) is 217 cm³/mol. The molecule has 0 saturated carbocycles. The molecule has 13 heteroatoms. The number of aliphatic hydroxyl groups excluding tert-OH is 1. The molecule has 3 heterocycles. The molecular weight excluding hydrogens is 715 g/mol. The number of β-amino-alcohol motifs (C(OH)–C–C–N with tert-alkyl or cyclic N) is 1. The van der Waals surface area contributed by atoms with Crippen molar-refractivity contribution in [1.29, 1.82) is 0 Å². The minimum atomic E-state index is -1.22. The molecule has 2 aromatic carbocycles. The fourth-order valence-corrected chi connectivity index (χ4v) is 7.90. The third kappa shape index (κ3) is 11.5. The number of benzene rings is 2. The van der Waals surface area contributed by atoms with E-state index in [9.17, 15) is 24.6 Å². The van der Waals surface area contributed by atoms with Gasteiger partial charge in [-0.3, -0.25) is 29.3 Å². The average molecular weight is 772 g/mol. The van der Waals surface area contributed by atoms with Gasteiger partial charge in [0.05, 0.1) is 40.6 Å². The van der Waals surface area contributed by atoms with Crippen molar-refractivity contribution in [2.45, 2.75) is 104 Å². The minimum Gasteiger partial charge on any atom is -0.465 e. The first-order chi connectivity index (χ1) is 26.1. The lowest BCUT2D eigenvalue weighted by Gasteiger charge is -2.43. The Balaban J connectivity index is 1.36. The number of carbonyl (C=O) groups excluding carboxylic acids is 2. The fourth-order valence-electron chi connectivity index (χ4n) is 7.08. The second-order valence-electron chi connectivity index (χ2n) is 16.3. The van der Waals surface area contributed by atoms with Crippen molar-refractivity contribution in [3.8, 4) is 0 Å². The maximum atomic E-state index is 14.2. The Morgan fingerprint density at radius 2 is 1.65 bits per heavy atom. The Hall–Kier alpha value is -4.43. The molecule has 1 saturated heterocycles. The molecule has 0 spiro atoms. The molecule has 5 rings (SSSR count). The van der Waals surface area contributed by atoms with Crippen molar-refractivity contribution in [3.63, 3.8) is 0 Å². The molecule has 0 unspecified atom stereocenters. The van der Waals surface area contributed by atoms with Gasteiger partial charge in [0.1, 0.15) is 12.1 Å². The lowest BCUT2D eigenvalue weighted by Crippen LogP contribution is -2.63. The lowest BCUT2D eigenvalue weighted by molar-refractivity contribution is -0.133. The number of para-hydroxylation sites is 1. The number of hydrogen-bond donors (Lipinski definition) is 4. The van der Waals surface area contributed by atoms with Crippen LogP contribution in [0.15, 0.2) is 72.1 Å². The summed E-state index contributed by atoms with van der Waals surface area (Å²) in [7, 11) is 0. The van der Waals surface area contributed by atoms with E-state index in [4.69, 9.17) is 4.98 Å². The zero-order chi connectivity index (χ0) is 39.9. The van der Waals surface area contributed by atoms with E-state index in [0.717, 1.165) is 32.1 Å². The topological polar surface area (TPSA) is 151 Å². The molecular formula is C42H57N7O5S. The summed E-state index contributed by atoms with van der Waals surface area (Å²) in [5.41, 5.74) is 2.86. The van der Waals surface area contributed by atoms with Gasteiger partial charge < -0.3 is 20.8 Å². The van der Waals surface area contributed by atoms with E-state index in [1.54, 1.807) is 0 Å².